The molecule has 0 aliphatic rings. The second-order valence-corrected chi connectivity index (χ2v) is 6.46. The van der Waals surface area contributed by atoms with Crippen LogP contribution in [-0.2, 0) is 0 Å². The van der Waals surface area contributed by atoms with E-state index in [1.54, 1.807) is 10.9 Å². The van der Waals surface area contributed by atoms with Gasteiger partial charge in [-0.05, 0) is 54.2 Å². The molecule has 0 bridgehead atoms. The molecule has 7 heteroatoms. The van der Waals surface area contributed by atoms with Crippen LogP contribution < -0.4 is 10.3 Å². The number of fused-ring (bicyclic) bond motifs is 1. The Hall–Kier alpha value is -3.45. The number of ether oxygens (including phenoxy) is 1. The number of benzene rings is 3. The number of hydrogen-bond donors (Lipinski definition) is 2. The smallest absolute Gasteiger partial charge is 0.216 e. The van der Waals surface area contributed by atoms with Crippen molar-refractivity contribution in [2.24, 2.45) is 5.10 Å². The number of nitrogens with one attached hydrogen (secondary N) is 2. The summed E-state index contributed by atoms with van der Waals surface area (Å²) in [5.74, 6) is 1.46. The maximum Gasteiger partial charge on any atom is 0.216 e. The van der Waals surface area contributed by atoms with E-state index in [0.29, 0.717) is 17.2 Å². The van der Waals surface area contributed by atoms with Crippen LogP contribution in [0.1, 0.15) is 12.5 Å². The van der Waals surface area contributed by atoms with Crippen molar-refractivity contribution < 1.29 is 4.74 Å². The first kappa shape index (κ1) is 17.9. The summed E-state index contributed by atoms with van der Waals surface area (Å²) in [4.78, 5) is 0. The second kappa shape index (κ2) is 8.06. The monoisotopic (exact) mass is 389 g/mol. The number of aromatic amines is 1. The largest absolute Gasteiger partial charge is 0.494 e. The Bertz CT molecular complexity index is 1170. The minimum absolute atomic E-state index is 0.430. The zero-order valence-electron chi connectivity index (χ0n) is 15.3. The molecule has 0 atom stereocenters. The molecule has 0 saturated carbocycles. The van der Waals surface area contributed by atoms with Gasteiger partial charge in [0.05, 0.1) is 12.8 Å². The highest BCUT2D eigenvalue weighted by atomic mass is 32.1. The molecule has 28 heavy (non-hydrogen) atoms. The first-order valence-corrected chi connectivity index (χ1v) is 9.34. The molecule has 0 spiro atoms. The summed E-state index contributed by atoms with van der Waals surface area (Å²) in [6.07, 6.45) is 1.78. The molecule has 4 rings (SSSR count). The van der Waals surface area contributed by atoms with E-state index in [9.17, 15) is 0 Å². The van der Waals surface area contributed by atoms with Crippen LogP contribution in [0.4, 0.5) is 0 Å². The fraction of sp³-hybridized carbons (Fsp3) is 0.0952. The van der Waals surface area contributed by atoms with Crippen molar-refractivity contribution in [1.29, 1.82) is 0 Å². The maximum absolute atomic E-state index is 5.49. The van der Waals surface area contributed by atoms with Crippen LogP contribution in [0, 0.1) is 4.77 Å². The first-order valence-electron chi connectivity index (χ1n) is 8.94. The predicted octanol–water partition coefficient (Wildman–Crippen LogP) is 4.74. The number of rotatable bonds is 6. The van der Waals surface area contributed by atoms with Crippen LogP contribution >= 0.6 is 12.2 Å². The van der Waals surface area contributed by atoms with Crippen LogP contribution in [0.25, 0.3) is 22.2 Å². The lowest BCUT2D eigenvalue weighted by Gasteiger charge is -2.07. The Morgan fingerprint density at radius 1 is 1.11 bits per heavy atom. The lowest BCUT2D eigenvalue weighted by molar-refractivity contribution is 0.340. The molecule has 6 nitrogen and oxygen atoms in total. The SMILES string of the molecule is CCOc1ccc(-c2n[nH]c(=S)n2NN=Cc2cccc3ccccc23)cc1. The Labute approximate surface area is 167 Å². The first-order chi connectivity index (χ1) is 13.8. The number of hydrazone groups is 1. The summed E-state index contributed by atoms with van der Waals surface area (Å²) in [7, 11) is 0. The van der Waals surface area contributed by atoms with Gasteiger partial charge in [0.1, 0.15) is 5.75 Å². The van der Waals surface area contributed by atoms with E-state index >= 15 is 0 Å². The molecule has 0 radical (unpaired) electrons. The van der Waals surface area contributed by atoms with Crippen molar-refractivity contribution in [2.45, 2.75) is 6.92 Å². The van der Waals surface area contributed by atoms with Gasteiger partial charge in [0.25, 0.3) is 0 Å². The molecule has 3 aromatic carbocycles. The van der Waals surface area contributed by atoms with Crippen molar-refractivity contribution in [3.63, 3.8) is 0 Å². The highest BCUT2D eigenvalue weighted by Crippen LogP contribution is 2.21. The minimum atomic E-state index is 0.430. The summed E-state index contributed by atoms with van der Waals surface area (Å²) in [5, 5.41) is 13.8. The van der Waals surface area contributed by atoms with E-state index in [-0.39, 0.29) is 0 Å². The molecule has 1 aromatic heterocycles. The van der Waals surface area contributed by atoms with Gasteiger partial charge >= 0.3 is 0 Å². The van der Waals surface area contributed by atoms with Gasteiger partial charge in [0.15, 0.2) is 5.82 Å². The highest BCUT2D eigenvalue weighted by Gasteiger charge is 2.08. The van der Waals surface area contributed by atoms with E-state index in [1.165, 1.54) is 5.39 Å². The van der Waals surface area contributed by atoms with Crippen LogP contribution in [0.3, 0.4) is 0 Å². The van der Waals surface area contributed by atoms with Crippen molar-refractivity contribution in [2.75, 3.05) is 12.1 Å². The Balaban J connectivity index is 1.59. The van der Waals surface area contributed by atoms with Crippen LogP contribution in [0.15, 0.2) is 71.8 Å². The van der Waals surface area contributed by atoms with Gasteiger partial charge in [-0.3, -0.25) is 0 Å². The fourth-order valence-corrected chi connectivity index (χ4v) is 3.14. The van der Waals surface area contributed by atoms with Gasteiger partial charge in [-0.2, -0.15) is 14.9 Å². The number of hydrogen-bond acceptors (Lipinski definition) is 5. The minimum Gasteiger partial charge on any atom is -0.494 e. The number of H-pyrrole nitrogens is 1. The molecule has 140 valence electrons. The molecule has 0 aliphatic carbocycles. The Kier molecular flexibility index (Phi) is 5.16. The van der Waals surface area contributed by atoms with E-state index in [1.807, 2.05) is 55.5 Å². The van der Waals surface area contributed by atoms with Crippen molar-refractivity contribution in [3.8, 4) is 17.1 Å². The van der Waals surface area contributed by atoms with Crippen LogP contribution in [-0.4, -0.2) is 27.7 Å². The lowest BCUT2D eigenvalue weighted by Crippen LogP contribution is -2.10. The summed E-state index contributed by atoms with van der Waals surface area (Å²) < 4.78 is 7.55. The lowest BCUT2D eigenvalue weighted by atomic mass is 10.1. The summed E-state index contributed by atoms with van der Waals surface area (Å²) in [6, 6.07) is 22.0. The normalized spacial score (nSPS) is 11.2. The molecule has 0 unspecified atom stereocenters. The Morgan fingerprint density at radius 2 is 1.89 bits per heavy atom. The fourth-order valence-electron chi connectivity index (χ4n) is 2.97. The van der Waals surface area contributed by atoms with Gasteiger partial charge in [0.2, 0.25) is 4.77 Å². The van der Waals surface area contributed by atoms with Crippen LogP contribution in [0.5, 0.6) is 5.75 Å². The summed E-state index contributed by atoms with van der Waals surface area (Å²) >= 11 is 5.33. The average molecular weight is 389 g/mol. The number of nitrogens with zero attached hydrogens (tertiary/aromatic N) is 3. The van der Waals surface area contributed by atoms with E-state index in [4.69, 9.17) is 17.0 Å². The molecule has 1 heterocycles. The zero-order chi connectivity index (χ0) is 19.3. The maximum atomic E-state index is 5.49. The molecule has 0 fully saturated rings. The third-order valence-electron chi connectivity index (χ3n) is 4.28. The highest BCUT2D eigenvalue weighted by molar-refractivity contribution is 7.71. The van der Waals surface area contributed by atoms with Gasteiger partial charge in [0, 0.05) is 11.1 Å². The predicted molar refractivity (Wildman–Crippen MR) is 115 cm³/mol. The van der Waals surface area contributed by atoms with Gasteiger partial charge in [-0.1, -0.05) is 42.5 Å². The topological polar surface area (TPSA) is 67.2 Å². The molecule has 4 aromatic rings. The molecule has 0 amide bonds. The second-order valence-electron chi connectivity index (χ2n) is 6.07. The molecule has 0 aliphatic heterocycles. The van der Waals surface area contributed by atoms with Crippen LogP contribution in [0.2, 0.25) is 0 Å². The molecule has 0 saturated heterocycles. The van der Waals surface area contributed by atoms with Crippen molar-refractivity contribution in [3.05, 3.63) is 77.1 Å². The van der Waals surface area contributed by atoms with Gasteiger partial charge in [-0.15, -0.1) is 0 Å². The summed E-state index contributed by atoms with van der Waals surface area (Å²) in [6.45, 7) is 2.58. The van der Waals surface area contributed by atoms with Crippen molar-refractivity contribution >= 4 is 29.2 Å². The van der Waals surface area contributed by atoms with Gasteiger partial charge in [-0.25, -0.2) is 10.6 Å². The van der Waals surface area contributed by atoms with Crippen molar-refractivity contribution in [1.82, 2.24) is 14.9 Å². The quantitative estimate of drug-likeness (QED) is 0.284. The average Bonchev–Trinajstić information content (AvgIpc) is 3.09. The third-order valence-corrected chi connectivity index (χ3v) is 4.55. The summed E-state index contributed by atoms with van der Waals surface area (Å²) in [5.41, 5.74) is 4.88. The van der Waals surface area contributed by atoms with E-state index < -0.39 is 0 Å². The van der Waals surface area contributed by atoms with E-state index in [2.05, 4.69) is 39.0 Å². The number of aromatic nitrogens is 3. The van der Waals surface area contributed by atoms with E-state index in [0.717, 1.165) is 22.3 Å². The molecular formula is C21H19N5OS. The third kappa shape index (κ3) is 3.65. The Morgan fingerprint density at radius 3 is 2.71 bits per heavy atom. The molecular weight excluding hydrogens is 370 g/mol. The molecule has 2 N–H and O–H groups in total. The zero-order valence-corrected chi connectivity index (χ0v) is 16.1. The standard InChI is InChI=1S/C21H19N5OS/c1-2-27-18-12-10-16(11-13-18)20-23-24-21(28)26(20)25-22-14-17-8-5-7-15-6-3-4-9-19(15)17/h3-14,25H,2H2,1H3,(H,24,28). The van der Waals surface area contributed by atoms with Gasteiger partial charge < -0.3 is 4.74 Å².